The van der Waals surface area contributed by atoms with Crippen molar-refractivity contribution in [2.24, 2.45) is 0 Å². The summed E-state index contributed by atoms with van der Waals surface area (Å²) in [4.78, 5) is 20.8. The fraction of sp³-hybridized carbons (Fsp3) is 0.174. The lowest BCUT2D eigenvalue weighted by molar-refractivity contribution is -0.114. The van der Waals surface area contributed by atoms with E-state index < -0.39 is 0 Å². The first-order chi connectivity index (χ1) is 14.7. The molecule has 0 saturated carbocycles. The molecule has 7 heteroatoms. The third kappa shape index (κ3) is 4.75. The number of nitrogens with zero attached hydrogens (tertiary/aromatic N) is 2. The average Bonchev–Trinajstić information content (AvgIpc) is 3.19. The van der Waals surface area contributed by atoms with Gasteiger partial charge in [-0.15, -0.1) is 11.3 Å². The second-order valence-electron chi connectivity index (χ2n) is 6.63. The summed E-state index contributed by atoms with van der Waals surface area (Å²) in [7, 11) is 0. The number of thiophene rings is 1. The van der Waals surface area contributed by atoms with E-state index >= 15 is 0 Å². The van der Waals surface area contributed by atoms with E-state index in [2.05, 4.69) is 32.8 Å². The Bertz CT molecular complexity index is 1140. The van der Waals surface area contributed by atoms with Crippen LogP contribution in [0.15, 0.2) is 66.3 Å². The van der Waals surface area contributed by atoms with Crippen molar-refractivity contribution in [1.82, 2.24) is 9.97 Å². The van der Waals surface area contributed by atoms with E-state index in [1.807, 2.05) is 36.4 Å². The predicted molar refractivity (Wildman–Crippen MR) is 119 cm³/mol. The summed E-state index contributed by atoms with van der Waals surface area (Å²) in [5.41, 5.74) is 2.91. The molecule has 0 aliphatic carbocycles. The summed E-state index contributed by atoms with van der Waals surface area (Å²) in [6.45, 7) is 2.44. The number of anilines is 1. The molecule has 2 aromatic heterocycles. The average molecular weight is 420 g/mol. The van der Waals surface area contributed by atoms with E-state index in [0.717, 1.165) is 21.3 Å². The number of rotatable bonds is 8. The summed E-state index contributed by atoms with van der Waals surface area (Å²) in [5, 5.41) is 5.78. The van der Waals surface area contributed by atoms with Crippen LogP contribution >= 0.6 is 11.3 Å². The zero-order chi connectivity index (χ0) is 20.8. The molecule has 0 saturated heterocycles. The highest BCUT2D eigenvalue weighted by Gasteiger charge is 2.14. The number of aromatic nitrogens is 2. The highest BCUT2D eigenvalue weighted by Crippen LogP contribution is 2.37. The summed E-state index contributed by atoms with van der Waals surface area (Å²) >= 11 is 1.58. The lowest BCUT2D eigenvalue weighted by Crippen LogP contribution is -2.07. The third-order valence-electron chi connectivity index (χ3n) is 4.37. The van der Waals surface area contributed by atoms with Crippen molar-refractivity contribution in [3.63, 3.8) is 0 Å². The van der Waals surface area contributed by atoms with Gasteiger partial charge in [-0.05, 0) is 17.7 Å². The van der Waals surface area contributed by atoms with Gasteiger partial charge in [0.1, 0.15) is 16.9 Å². The number of carbonyl (C=O) groups is 1. The monoisotopic (exact) mass is 419 g/mol. The minimum atomic E-state index is -0.111. The van der Waals surface area contributed by atoms with E-state index in [0.29, 0.717) is 37.0 Å². The lowest BCUT2D eigenvalue weighted by atomic mass is 10.1. The Hall–Kier alpha value is -3.45. The lowest BCUT2D eigenvalue weighted by Gasteiger charge is -2.10. The van der Waals surface area contributed by atoms with Crippen molar-refractivity contribution < 1.29 is 14.3 Å². The highest BCUT2D eigenvalue weighted by atomic mass is 32.1. The fourth-order valence-corrected chi connectivity index (χ4v) is 3.98. The molecule has 0 aliphatic rings. The SMILES string of the molecule is CC(=O)Nc1cccc(OCCCOc2ncnc3scc(-c4ccccc4)c23)c1. The molecule has 4 rings (SSSR count). The smallest absolute Gasteiger partial charge is 0.225 e. The molecule has 1 amide bonds. The van der Waals surface area contributed by atoms with Crippen LogP contribution in [-0.2, 0) is 4.79 Å². The van der Waals surface area contributed by atoms with Gasteiger partial charge in [-0.2, -0.15) is 0 Å². The van der Waals surface area contributed by atoms with Gasteiger partial charge in [0.2, 0.25) is 11.8 Å². The van der Waals surface area contributed by atoms with Crippen molar-refractivity contribution in [3.05, 3.63) is 66.3 Å². The zero-order valence-corrected chi connectivity index (χ0v) is 17.3. The minimum Gasteiger partial charge on any atom is -0.493 e. The summed E-state index contributed by atoms with van der Waals surface area (Å²) < 4.78 is 11.7. The van der Waals surface area contributed by atoms with Crippen molar-refractivity contribution in [1.29, 1.82) is 0 Å². The van der Waals surface area contributed by atoms with Gasteiger partial charge in [0.15, 0.2) is 0 Å². The maximum Gasteiger partial charge on any atom is 0.225 e. The molecule has 0 bridgehead atoms. The van der Waals surface area contributed by atoms with Crippen LogP contribution < -0.4 is 14.8 Å². The molecule has 2 heterocycles. The summed E-state index contributed by atoms with van der Waals surface area (Å²) in [6, 6.07) is 17.5. The molecule has 4 aromatic rings. The fourth-order valence-electron chi connectivity index (χ4n) is 3.07. The summed E-state index contributed by atoms with van der Waals surface area (Å²) in [5.74, 6) is 1.18. The molecule has 0 unspecified atom stereocenters. The quantitative estimate of drug-likeness (QED) is 0.399. The number of nitrogens with one attached hydrogen (secondary N) is 1. The van der Waals surface area contributed by atoms with Crippen LogP contribution in [0, 0.1) is 0 Å². The Morgan fingerprint density at radius 2 is 1.87 bits per heavy atom. The third-order valence-corrected chi connectivity index (χ3v) is 5.26. The Balaban J connectivity index is 1.37. The van der Waals surface area contributed by atoms with E-state index in [-0.39, 0.29) is 5.91 Å². The van der Waals surface area contributed by atoms with Crippen LogP contribution in [-0.4, -0.2) is 29.1 Å². The number of fused-ring (bicyclic) bond motifs is 1. The van der Waals surface area contributed by atoms with Gasteiger partial charge >= 0.3 is 0 Å². The topological polar surface area (TPSA) is 73.3 Å². The zero-order valence-electron chi connectivity index (χ0n) is 16.5. The standard InChI is InChI=1S/C23H21N3O3S/c1-16(27)26-18-9-5-10-19(13-18)28-11-6-12-29-22-21-20(17-7-3-2-4-8-17)14-30-23(21)25-15-24-22/h2-5,7-10,13-15H,6,11-12H2,1H3,(H,26,27). The molecule has 1 N–H and O–H groups in total. The number of hydrogen-bond donors (Lipinski definition) is 1. The van der Waals surface area contributed by atoms with E-state index in [1.54, 1.807) is 17.4 Å². The molecule has 152 valence electrons. The number of benzene rings is 2. The summed E-state index contributed by atoms with van der Waals surface area (Å²) in [6.07, 6.45) is 2.23. The van der Waals surface area contributed by atoms with Gasteiger partial charge in [-0.1, -0.05) is 36.4 Å². The highest BCUT2D eigenvalue weighted by molar-refractivity contribution is 7.17. The Morgan fingerprint density at radius 1 is 1.03 bits per heavy atom. The molecule has 0 fully saturated rings. The van der Waals surface area contributed by atoms with Crippen molar-refractivity contribution >= 4 is 33.1 Å². The van der Waals surface area contributed by atoms with Gasteiger partial charge in [0.05, 0.1) is 18.6 Å². The normalized spacial score (nSPS) is 10.7. The van der Waals surface area contributed by atoms with E-state index in [9.17, 15) is 4.79 Å². The van der Waals surface area contributed by atoms with Crippen molar-refractivity contribution in [3.8, 4) is 22.8 Å². The van der Waals surface area contributed by atoms with E-state index in [1.165, 1.54) is 13.3 Å². The van der Waals surface area contributed by atoms with Gasteiger partial charge < -0.3 is 14.8 Å². The first-order valence-corrected chi connectivity index (χ1v) is 10.5. The molecule has 0 atom stereocenters. The number of carbonyl (C=O) groups excluding carboxylic acids is 1. The van der Waals surface area contributed by atoms with Crippen molar-refractivity contribution in [2.75, 3.05) is 18.5 Å². The molecular weight excluding hydrogens is 398 g/mol. The molecular formula is C23H21N3O3S. The number of hydrogen-bond acceptors (Lipinski definition) is 6. The number of ether oxygens (including phenoxy) is 2. The Kier molecular flexibility index (Phi) is 6.20. The molecule has 6 nitrogen and oxygen atoms in total. The van der Waals surface area contributed by atoms with Gasteiger partial charge in [-0.3, -0.25) is 4.79 Å². The first kappa shape index (κ1) is 19.8. The van der Waals surface area contributed by atoms with Gasteiger partial charge in [0.25, 0.3) is 0 Å². The van der Waals surface area contributed by atoms with Gasteiger partial charge in [0, 0.05) is 36.0 Å². The second kappa shape index (κ2) is 9.37. The van der Waals surface area contributed by atoms with Crippen LogP contribution in [0.4, 0.5) is 5.69 Å². The van der Waals surface area contributed by atoms with Crippen LogP contribution in [0.2, 0.25) is 0 Å². The van der Waals surface area contributed by atoms with Crippen LogP contribution in [0.1, 0.15) is 13.3 Å². The van der Waals surface area contributed by atoms with Crippen LogP contribution in [0.5, 0.6) is 11.6 Å². The molecule has 0 spiro atoms. The maximum absolute atomic E-state index is 11.2. The molecule has 0 radical (unpaired) electrons. The molecule has 0 aliphatic heterocycles. The van der Waals surface area contributed by atoms with Gasteiger partial charge in [-0.25, -0.2) is 9.97 Å². The molecule has 2 aromatic carbocycles. The predicted octanol–water partition coefficient (Wildman–Crippen LogP) is 5.16. The number of amides is 1. The van der Waals surface area contributed by atoms with E-state index in [4.69, 9.17) is 9.47 Å². The largest absolute Gasteiger partial charge is 0.493 e. The maximum atomic E-state index is 11.2. The Morgan fingerprint density at radius 3 is 2.70 bits per heavy atom. The minimum absolute atomic E-state index is 0.111. The first-order valence-electron chi connectivity index (χ1n) is 9.61. The molecule has 30 heavy (non-hydrogen) atoms. The van der Waals surface area contributed by atoms with Crippen LogP contribution in [0.25, 0.3) is 21.3 Å². The Labute approximate surface area is 178 Å². The van der Waals surface area contributed by atoms with Crippen LogP contribution in [0.3, 0.4) is 0 Å². The van der Waals surface area contributed by atoms with Crippen molar-refractivity contribution in [2.45, 2.75) is 13.3 Å². The second-order valence-corrected chi connectivity index (χ2v) is 7.49.